The van der Waals surface area contributed by atoms with Gasteiger partial charge in [0, 0.05) is 6.61 Å². The maximum atomic E-state index is 8.72. The zero-order valence-electron chi connectivity index (χ0n) is 17.5. The molecule has 1 heteroatoms. The summed E-state index contributed by atoms with van der Waals surface area (Å²) in [5.41, 5.74) is 0. The smallest absolute Gasteiger partial charge is 0.0431 e. The van der Waals surface area contributed by atoms with Crippen LogP contribution in [0.15, 0.2) is 12.2 Å². The van der Waals surface area contributed by atoms with Gasteiger partial charge >= 0.3 is 0 Å². The predicted molar refractivity (Wildman–Crippen MR) is 114 cm³/mol. The lowest BCUT2D eigenvalue weighted by Gasteiger charge is -2.02. The van der Waals surface area contributed by atoms with E-state index < -0.39 is 0 Å². The Morgan fingerprint density at radius 3 is 1.12 bits per heavy atom. The summed E-state index contributed by atoms with van der Waals surface area (Å²) in [6.07, 6.45) is 32.1. The summed E-state index contributed by atoms with van der Waals surface area (Å²) in [5, 5.41) is 8.72. The van der Waals surface area contributed by atoms with Crippen molar-refractivity contribution in [2.45, 2.75) is 135 Å². The number of hydrogen-bond donors (Lipinski definition) is 1. The fourth-order valence-corrected chi connectivity index (χ4v) is 3.42. The highest BCUT2D eigenvalue weighted by Crippen LogP contribution is 2.13. The predicted octanol–water partition coefficient (Wildman–Crippen LogP) is 8.36. The normalized spacial score (nSPS) is 11.6. The molecule has 0 saturated heterocycles. The van der Waals surface area contributed by atoms with E-state index in [2.05, 4.69) is 19.1 Å². The topological polar surface area (TPSA) is 20.2 Å². The Kier molecular flexibility index (Phi) is 23.4. The molecule has 0 unspecified atom stereocenters. The highest BCUT2D eigenvalue weighted by Gasteiger charge is 1.93. The Bertz CT molecular complexity index is 246. The van der Waals surface area contributed by atoms with E-state index in [1.54, 1.807) is 0 Å². The van der Waals surface area contributed by atoms with Crippen LogP contribution in [0.3, 0.4) is 0 Å². The van der Waals surface area contributed by atoms with Gasteiger partial charge in [0.1, 0.15) is 0 Å². The third-order valence-corrected chi connectivity index (χ3v) is 5.17. The molecule has 0 atom stereocenters. The number of allylic oxidation sites excluding steroid dienone is 2. The molecular formula is C24H48O. The average Bonchev–Trinajstić information content (AvgIpc) is 2.63. The van der Waals surface area contributed by atoms with Crippen LogP contribution in [0.1, 0.15) is 135 Å². The molecule has 1 N–H and O–H groups in total. The van der Waals surface area contributed by atoms with Gasteiger partial charge in [-0.15, -0.1) is 0 Å². The molecule has 0 heterocycles. The van der Waals surface area contributed by atoms with Gasteiger partial charge in [-0.05, 0) is 32.1 Å². The third kappa shape index (κ3) is 23.7. The van der Waals surface area contributed by atoms with Crippen molar-refractivity contribution in [3.05, 3.63) is 12.2 Å². The van der Waals surface area contributed by atoms with Crippen molar-refractivity contribution in [3.8, 4) is 0 Å². The van der Waals surface area contributed by atoms with Crippen LogP contribution in [0.2, 0.25) is 0 Å². The maximum absolute atomic E-state index is 8.72. The van der Waals surface area contributed by atoms with Crippen molar-refractivity contribution in [2.24, 2.45) is 0 Å². The molecular weight excluding hydrogens is 304 g/mol. The fourth-order valence-electron chi connectivity index (χ4n) is 3.42. The second-order valence-electron chi connectivity index (χ2n) is 7.78. The molecule has 150 valence electrons. The maximum Gasteiger partial charge on any atom is 0.0431 e. The fraction of sp³-hybridized carbons (Fsp3) is 0.917. The van der Waals surface area contributed by atoms with Crippen LogP contribution in [-0.4, -0.2) is 11.7 Å². The summed E-state index contributed by atoms with van der Waals surface area (Å²) < 4.78 is 0. The first-order chi connectivity index (χ1) is 12.4. The van der Waals surface area contributed by atoms with E-state index in [0.29, 0.717) is 6.61 Å². The lowest BCUT2D eigenvalue weighted by molar-refractivity contribution is 0.282. The van der Waals surface area contributed by atoms with Crippen molar-refractivity contribution < 1.29 is 5.11 Å². The van der Waals surface area contributed by atoms with Gasteiger partial charge in [-0.3, -0.25) is 0 Å². The van der Waals surface area contributed by atoms with Gasteiger partial charge < -0.3 is 5.11 Å². The number of aliphatic hydroxyl groups excluding tert-OH is 1. The minimum atomic E-state index is 0.370. The van der Waals surface area contributed by atoms with Crippen molar-refractivity contribution in [1.29, 1.82) is 0 Å². The molecule has 0 spiro atoms. The number of aliphatic hydroxyl groups is 1. The standard InChI is InChI=1S/C24H48O/c1-2-3-4-5-6-7-8-9-10-11-12-13-14-15-16-17-18-19-20-21-22-23-24-25/h9-10,25H,2-8,11-24H2,1H3/b10-9-. The zero-order valence-corrected chi connectivity index (χ0v) is 17.5. The van der Waals surface area contributed by atoms with E-state index in [1.165, 1.54) is 122 Å². The van der Waals surface area contributed by atoms with Gasteiger partial charge in [0.25, 0.3) is 0 Å². The molecule has 25 heavy (non-hydrogen) atoms. The molecule has 0 rings (SSSR count). The Hall–Kier alpha value is -0.300. The summed E-state index contributed by atoms with van der Waals surface area (Å²) in [7, 11) is 0. The molecule has 0 aliphatic rings. The first-order valence-corrected chi connectivity index (χ1v) is 11.7. The van der Waals surface area contributed by atoms with Crippen LogP contribution >= 0.6 is 0 Å². The molecule has 1 nitrogen and oxygen atoms in total. The largest absolute Gasteiger partial charge is 0.396 e. The van der Waals surface area contributed by atoms with E-state index in [-0.39, 0.29) is 0 Å². The molecule has 0 saturated carbocycles. The summed E-state index contributed by atoms with van der Waals surface area (Å²) in [6, 6.07) is 0. The lowest BCUT2D eigenvalue weighted by Crippen LogP contribution is -1.84. The Morgan fingerprint density at radius 1 is 0.440 bits per heavy atom. The molecule has 0 bridgehead atoms. The minimum absolute atomic E-state index is 0.370. The van der Waals surface area contributed by atoms with Crippen LogP contribution in [0.4, 0.5) is 0 Å². The molecule has 0 aliphatic carbocycles. The molecule has 0 aliphatic heterocycles. The summed E-state index contributed by atoms with van der Waals surface area (Å²) >= 11 is 0. The Labute approximate surface area is 159 Å². The number of rotatable bonds is 21. The van der Waals surface area contributed by atoms with E-state index in [0.717, 1.165) is 6.42 Å². The highest BCUT2D eigenvalue weighted by atomic mass is 16.2. The molecule has 0 fully saturated rings. The molecule has 0 aromatic heterocycles. The summed E-state index contributed by atoms with van der Waals surface area (Å²) in [6.45, 7) is 2.65. The monoisotopic (exact) mass is 352 g/mol. The van der Waals surface area contributed by atoms with Crippen LogP contribution in [0.25, 0.3) is 0 Å². The average molecular weight is 353 g/mol. The summed E-state index contributed by atoms with van der Waals surface area (Å²) in [5.74, 6) is 0. The molecule has 0 aromatic rings. The minimum Gasteiger partial charge on any atom is -0.396 e. The van der Waals surface area contributed by atoms with Crippen molar-refractivity contribution in [2.75, 3.05) is 6.61 Å². The Morgan fingerprint density at radius 2 is 0.760 bits per heavy atom. The van der Waals surface area contributed by atoms with Gasteiger partial charge in [0.15, 0.2) is 0 Å². The highest BCUT2D eigenvalue weighted by molar-refractivity contribution is 4.81. The quantitative estimate of drug-likeness (QED) is 0.162. The van der Waals surface area contributed by atoms with Crippen LogP contribution in [-0.2, 0) is 0 Å². The van der Waals surface area contributed by atoms with E-state index in [1.807, 2.05) is 0 Å². The SMILES string of the molecule is CCCCCCCC/C=C\CCCCCCCCCCCCCCO. The van der Waals surface area contributed by atoms with E-state index in [9.17, 15) is 0 Å². The second-order valence-corrected chi connectivity index (χ2v) is 7.78. The van der Waals surface area contributed by atoms with Crippen LogP contribution in [0.5, 0.6) is 0 Å². The second kappa shape index (κ2) is 23.7. The van der Waals surface area contributed by atoms with Crippen LogP contribution in [0, 0.1) is 0 Å². The third-order valence-electron chi connectivity index (χ3n) is 5.17. The first-order valence-electron chi connectivity index (χ1n) is 11.7. The van der Waals surface area contributed by atoms with Crippen molar-refractivity contribution in [3.63, 3.8) is 0 Å². The van der Waals surface area contributed by atoms with E-state index >= 15 is 0 Å². The molecule has 0 amide bonds. The van der Waals surface area contributed by atoms with Gasteiger partial charge in [-0.1, -0.05) is 115 Å². The number of unbranched alkanes of at least 4 members (excludes halogenated alkanes) is 18. The first kappa shape index (κ1) is 24.7. The van der Waals surface area contributed by atoms with Crippen LogP contribution < -0.4 is 0 Å². The van der Waals surface area contributed by atoms with Gasteiger partial charge in [0.05, 0.1) is 0 Å². The van der Waals surface area contributed by atoms with Gasteiger partial charge in [0.2, 0.25) is 0 Å². The summed E-state index contributed by atoms with van der Waals surface area (Å²) in [4.78, 5) is 0. The molecule has 0 radical (unpaired) electrons. The molecule has 0 aromatic carbocycles. The van der Waals surface area contributed by atoms with Crippen molar-refractivity contribution >= 4 is 0 Å². The van der Waals surface area contributed by atoms with E-state index in [4.69, 9.17) is 5.11 Å². The zero-order chi connectivity index (χ0) is 18.3. The lowest BCUT2D eigenvalue weighted by atomic mass is 10.0. The van der Waals surface area contributed by atoms with Gasteiger partial charge in [-0.2, -0.15) is 0 Å². The number of hydrogen-bond acceptors (Lipinski definition) is 1. The van der Waals surface area contributed by atoms with Crippen molar-refractivity contribution in [1.82, 2.24) is 0 Å². The Balaban J connectivity index is 3.03. The van der Waals surface area contributed by atoms with Gasteiger partial charge in [-0.25, -0.2) is 0 Å².